The zero-order valence-electron chi connectivity index (χ0n) is 18.7. The van der Waals surface area contributed by atoms with Crippen LogP contribution in [0.2, 0.25) is 0 Å². The topological polar surface area (TPSA) is 222 Å². The number of aliphatic carboxylic acids is 1. The number of carboxylic acids is 1. The fraction of sp³-hybridized carbons (Fsp3) is 0.579. The van der Waals surface area contributed by atoms with E-state index in [1.165, 1.54) is 24.3 Å². The molecule has 0 aliphatic carbocycles. The van der Waals surface area contributed by atoms with Crippen LogP contribution in [0.1, 0.15) is 25.0 Å². The van der Waals surface area contributed by atoms with E-state index in [1.54, 1.807) is 0 Å². The highest BCUT2D eigenvalue weighted by atomic mass is 32.2. The second-order valence-corrected chi connectivity index (χ2v) is 8.73. The quantitative estimate of drug-likeness (QED) is 0.111. The summed E-state index contributed by atoms with van der Waals surface area (Å²) in [5, 5.41) is 16.6. The fourth-order valence-electron chi connectivity index (χ4n) is 2.79. The van der Waals surface area contributed by atoms with Gasteiger partial charge in [-0.2, -0.15) is 24.4 Å². The van der Waals surface area contributed by atoms with Crippen molar-refractivity contribution in [2.24, 2.45) is 11.5 Å². The molecule has 1 aromatic rings. The van der Waals surface area contributed by atoms with Crippen LogP contribution in [0.3, 0.4) is 0 Å². The molecule has 0 aliphatic rings. The van der Waals surface area contributed by atoms with Crippen molar-refractivity contribution >= 4 is 54.0 Å². The van der Waals surface area contributed by atoms with Gasteiger partial charge in [-0.05, 0) is 24.9 Å². The van der Waals surface area contributed by atoms with Gasteiger partial charge in [-0.25, -0.2) is 9.78 Å². The van der Waals surface area contributed by atoms with E-state index < -0.39 is 53.8 Å². The molecule has 4 atom stereocenters. The molecule has 0 radical (unpaired) electrons. The molecule has 0 spiro atoms. The number of aromatic amines is 1. The molecule has 190 valence electrons. The second-order valence-electron chi connectivity index (χ2n) is 7.38. The summed E-state index contributed by atoms with van der Waals surface area (Å²) in [5.74, 6) is -3.66. The summed E-state index contributed by atoms with van der Waals surface area (Å²) in [6, 6.07) is -4.46. The summed E-state index contributed by atoms with van der Waals surface area (Å²) >= 11 is 5.53. The molecular formula is C19H31N7O6S2. The third-order valence-corrected chi connectivity index (χ3v) is 5.69. The van der Waals surface area contributed by atoms with Gasteiger partial charge < -0.3 is 37.5 Å². The number of nitrogens with two attached hydrogens (primary N) is 2. The summed E-state index contributed by atoms with van der Waals surface area (Å²) < 4.78 is 0. The van der Waals surface area contributed by atoms with Crippen molar-refractivity contribution in [3.8, 4) is 0 Å². The van der Waals surface area contributed by atoms with E-state index >= 15 is 0 Å². The number of thiol groups is 1. The number of hydrogen-bond donors (Lipinski definition) is 8. The molecule has 1 rings (SSSR count). The number of carbonyl (C=O) groups is 5. The first-order valence-corrected chi connectivity index (χ1v) is 12.4. The molecule has 1 heterocycles. The first-order valence-electron chi connectivity index (χ1n) is 10.3. The first-order chi connectivity index (χ1) is 16.1. The number of primary amides is 1. The predicted molar refractivity (Wildman–Crippen MR) is 129 cm³/mol. The van der Waals surface area contributed by atoms with Gasteiger partial charge in [-0.15, -0.1) is 0 Å². The van der Waals surface area contributed by atoms with Crippen LogP contribution in [0.25, 0.3) is 0 Å². The fourth-order valence-corrected chi connectivity index (χ4v) is 3.52. The number of carboxylic acid groups (broad SMARTS) is 1. The van der Waals surface area contributed by atoms with Crippen LogP contribution >= 0.6 is 24.4 Å². The minimum absolute atomic E-state index is 0.137. The zero-order chi connectivity index (χ0) is 25.7. The Kier molecular flexibility index (Phi) is 13.1. The Morgan fingerprint density at radius 1 is 1.09 bits per heavy atom. The first kappa shape index (κ1) is 29.3. The van der Waals surface area contributed by atoms with Crippen molar-refractivity contribution in [2.45, 2.75) is 49.9 Å². The number of H-pyrrole nitrogens is 1. The molecule has 34 heavy (non-hydrogen) atoms. The molecule has 4 unspecified atom stereocenters. The van der Waals surface area contributed by atoms with Gasteiger partial charge in [0.1, 0.15) is 18.1 Å². The molecule has 0 aliphatic heterocycles. The van der Waals surface area contributed by atoms with E-state index in [0.717, 1.165) is 0 Å². The molecule has 13 nitrogen and oxygen atoms in total. The number of rotatable bonds is 16. The minimum atomic E-state index is -1.37. The Morgan fingerprint density at radius 3 is 2.24 bits per heavy atom. The Bertz CT molecular complexity index is 839. The zero-order valence-corrected chi connectivity index (χ0v) is 20.4. The maximum atomic E-state index is 12.8. The van der Waals surface area contributed by atoms with Crippen LogP contribution in [0, 0.1) is 0 Å². The van der Waals surface area contributed by atoms with Crippen LogP contribution in [0.5, 0.6) is 0 Å². The molecule has 4 amide bonds. The summed E-state index contributed by atoms with van der Waals surface area (Å²) in [6.07, 6.45) is 4.85. The van der Waals surface area contributed by atoms with E-state index in [1.807, 2.05) is 6.26 Å². The van der Waals surface area contributed by atoms with Crippen molar-refractivity contribution < 1.29 is 29.1 Å². The summed E-state index contributed by atoms with van der Waals surface area (Å²) in [5.41, 5.74) is 11.6. The molecule has 0 saturated heterocycles. The Hall–Kier alpha value is -2.78. The Balaban J connectivity index is 2.79. The number of hydrogen-bond acceptors (Lipinski definition) is 9. The van der Waals surface area contributed by atoms with E-state index in [-0.39, 0.29) is 31.4 Å². The van der Waals surface area contributed by atoms with Gasteiger partial charge in [-0.3, -0.25) is 19.2 Å². The maximum Gasteiger partial charge on any atom is 0.326 e. The van der Waals surface area contributed by atoms with Gasteiger partial charge in [0.25, 0.3) is 0 Å². The molecule has 15 heteroatoms. The number of nitrogens with zero attached hydrogens (tertiary/aromatic N) is 1. The van der Waals surface area contributed by atoms with Crippen molar-refractivity contribution in [3.63, 3.8) is 0 Å². The van der Waals surface area contributed by atoms with E-state index in [2.05, 4.69) is 38.5 Å². The Labute approximate surface area is 206 Å². The lowest BCUT2D eigenvalue weighted by molar-refractivity contribution is -0.142. The standard InChI is InChI=1S/C19H31N7O6S2/c1-34-5-4-12(24-16(28)11(20)6-10-7-22-9-23-10)17(29)26-14(8-33)18(30)25-13(19(31)32)2-3-15(21)27/h7,9,11-14,33H,2-6,8,20H2,1H3,(H2,21,27)(H,22,23)(H,24,28)(H,25,30)(H,26,29)(H,31,32). The molecule has 0 aromatic carbocycles. The van der Waals surface area contributed by atoms with Gasteiger partial charge in [0, 0.05) is 30.5 Å². The van der Waals surface area contributed by atoms with Crippen LogP contribution in [-0.4, -0.2) is 86.6 Å². The largest absolute Gasteiger partial charge is 0.480 e. The molecule has 0 saturated carbocycles. The van der Waals surface area contributed by atoms with Gasteiger partial charge >= 0.3 is 5.97 Å². The highest BCUT2D eigenvalue weighted by Crippen LogP contribution is 2.05. The predicted octanol–water partition coefficient (Wildman–Crippen LogP) is -2.23. The summed E-state index contributed by atoms with van der Waals surface area (Å²) in [6.45, 7) is 0. The lowest BCUT2D eigenvalue weighted by Gasteiger charge is -2.24. The molecule has 1 aromatic heterocycles. The highest BCUT2D eigenvalue weighted by Gasteiger charge is 2.29. The number of imidazole rings is 1. The number of nitrogens with one attached hydrogen (secondary N) is 4. The average Bonchev–Trinajstić information content (AvgIpc) is 3.29. The van der Waals surface area contributed by atoms with Crippen LogP contribution < -0.4 is 27.4 Å². The number of amides is 4. The maximum absolute atomic E-state index is 12.8. The van der Waals surface area contributed by atoms with Crippen LogP contribution in [0.4, 0.5) is 0 Å². The molecule has 0 fully saturated rings. The van der Waals surface area contributed by atoms with Crippen molar-refractivity contribution in [2.75, 3.05) is 17.8 Å². The lowest BCUT2D eigenvalue weighted by Crippen LogP contribution is -2.58. The van der Waals surface area contributed by atoms with Crippen LogP contribution in [-0.2, 0) is 30.4 Å². The third-order valence-electron chi connectivity index (χ3n) is 4.68. The summed E-state index contributed by atoms with van der Waals surface area (Å²) in [7, 11) is 0. The SMILES string of the molecule is CSCCC(NC(=O)C(N)Cc1cnc[nH]1)C(=O)NC(CS)C(=O)NC(CCC(N)=O)C(=O)O. The van der Waals surface area contributed by atoms with Gasteiger partial charge in [0.05, 0.1) is 12.4 Å². The van der Waals surface area contributed by atoms with E-state index in [4.69, 9.17) is 11.5 Å². The second kappa shape index (κ2) is 15.2. The average molecular weight is 518 g/mol. The van der Waals surface area contributed by atoms with Gasteiger partial charge in [-0.1, -0.05) is 0 Å². The number of thioether (sulfide) groups is 1. The molecule has 0 bridgehead atoms. The smallest absolute Gasteiger partial charge is 0.326 e. The molecule has 9 N–H and O–H groups in total. The lowest BCUT2D eigenvalue weighted by atomic mass is 10.1. The number of carbonyl (C=O) groups excluding carboxylic acids is 4. The molecular weight excluding hydrogens is 486 g/mol. The van der Waals surface area contributed by atoms with Crippen molar-refractivity contribution in [3.05, 3.63) is 18.2 Å². The van der Waals surface area contributed by atoms with Gasteiger partial charge in [0.15, 0.2) is 0 Å². The normalized spacial score (nSPS) is 14.3. The summed E-state index contributed by atoms with van der Waals surface area (Å²) in [4.78, 5) is 66.9. The van der Waals surface area contributed by atoms with Crippen molar-refractivity contribution in [1.82, 2.24) is 25.9 Å². The van der Waals surface area contributed by atoms with E-state index in [0.29, 0.717) is 11.4 Å². The Morgan fingerprint density at radius 2 is 1.71 bits per heavy atom. The van der Waals surface area contributed by atoms with E-state index in [9.17, 15) is 29.1 Å². The monoisotopic (exact) mass is 517 g/mol. The highest BCUT2D eigenvalue weighted by molar-refractivity contribution is 7.98. The third kappa shape index (κ3) is 10.4. The van der Waals surface area contributed by atoms with Crippen molar-refractivity contribution in [1.29, 1.82) is 0 Å². The number of aromatic nitrogens is 2. The van der Waals surface area contributed by atoms with Gasteiger partial charge in [0.2, 0.25) is 23.6 Å². The van der Waals surface area contributed by atoms with Crippen LogP contribution in [0.15, 0.2) is 12.5 Å². The minimum Gasteiger partial charge on any atom is -0.480 e.